The van der Waals surface area contributed by atoms with E-state index in [4.69, 9.17) is 9.47 Å². The fourth-order valence-electron chi connectivity index (χ4n) is 4.74. The molecule has 2 amide bonds. The van der Waals surface area contributed by atoms with Gasteiger partial charge in [-0.25, -0.2) is 8.42 Å². The van der Waals surface area contributed by atoms with Crippen LogP contribution in [0.25, 0.3) is 0 Å². The second-order valence-electron chi connectivity index (χ2n) is 8.92. The van der Waals surface area contributed by atoms with E-state index in [0.717, 1.165) is 19.3 Å². The summed E-state index contributed by atoms with van der Waals surface area (Å²) in [5.41, 5.74) is 0.796. The Morgan fingerprint density at radius 3 is 2.40 bits per heavy atom. The van der Waals surface area contributed by atoms with Crippen LogP contribution >= 0.6 is 0 Å². The Hall–Kier alpha value is -2.95. The number of rotatable bonds is 4. The van der Waals surface area contributed by atoms with Crippen LogP contribution in [0.3, 0.4) is 0 Å². The van der Waals surface area contributed by atoms with Crippen molar-refractivity contribution in [3.63, 3.8) is 0 Å². The molecule has 0 bridgehead atoms. The molecule has 1 atom stereocenters. The van der Waals surface area contributed by atoms with Crippen LogP contribution < -0.4 is 9.64 Å². The third kappa shape index (κ3) is 4.78. The van der Waals surface area contributed by atoms with Crippen LogP contribution in [-0.4, -0.2) is 81.5 Å². The zero-order valence-electron chi connectivity index (χ0n) is 19.5. The fraction of sp³-hybridized carbons (Fsp3) is 0.440. The van der Waals surface area contributed by atoms with E-state index in [1.807, 2.05) is 0 Å². The predicted molar refractivity (Wildman–Crippen MR) is 129 cm³/mol. The molecule has 0 aliphatic carbocycles. The SMILES string of the molecule is O=C(C1CN(C(=O)c2cccc(S(=O)(=O)N3CCCCC3)c2)c2ccccc2O1)N1CCOCC1. The van der Waals surface area contributed by atoms with Gasteiger partial charge in [-0.1, -0.05) is 24.6 Å². The summed E-state index contributed by atoms with van der Waals surface area (Å²) in [4.78, 5) is 30.1. The number of carbonyl (C=O) groups excluding carboxylic acids is 2. The van der Waals surface area contributed by atoms with Crippen molar-refractivity contribution in [2.45, 2.75) is 30.3 Å². The molecule has 0 radical (unpaired) electrons. The van der Waals surface area contributed by atoms with Gasteiger partial charge in [0.25, 0.3) is 11.8 Å². The van der Waals surface area contributed by atoms with Gasteiger partial charge in [-0.3, -0.25) is 9.59 Å². The minimum atomic E-state index is -3.68. The Bertz CT molecular complexity index is 1210. The summed E-state index contributed by atoms with van der Waals surface area (Å²) in [6.07, 6.45) is 1.83. The van der Waals surface area contributed by atoms with Crippen molar-refractivity contribution in [2.75, 3.05) is 50.8 Å². The van der Waals surface area contributed by atoms with Crippen molar-refractivity contribution >= 4 is 27.5 Å². The quantitative estimate of drug-likeness (QED) is 0.640. The van der Waals surface area contributed by atoms with E-state index in [-0.39, 0.29) is 28.8 Å². The molecule has 3 heterocycles. The first-order valence-electron chi connectivity index (χ1n) is 12.0. The Balaban J connectivity index is 1.43. The van der Waals surface area contributed by atoms with E-state index in [9.17, 15) is 18.0 Å². The lowest BCUT2D eigenvalue weighted by Crippen LogP contribution is -2.54. The number of nitrogens with zero attached hydrogens (tertiary/aromatic N) is 3. The topological polar surface area (TPSA) is 96.5 Å². The summed E-state index contributed by atoms with van der Waals surface area (Å²) in [6, 6.07) is 13.2. The van der Waals surface area contributed by atoms with Crippen LogP contribution in [-0.2, 0) is 19.6 Å². The normalized spacial score (nSPS) is 21.2. The third-order valence-electron chi connectivity index (χ3n) is 6.65. The van der Waals surface area contributed by atoms with Crippen molar-refractivity contribution in [3.05, 3.63) is 54.1 Å². The molecule has 9 nitrogen and oxygen atoms in total. The lowest BCUT2D eigenvalue weighted by molar-refractivity contribution is -0.142. The van der Waals surface area contributed by atoms with Gasteiger partial charge in [0, 0.05) is 31.7 Å². The second-order valence-corrected chi connectivity index (χ2v) is 10.9. The van der Waals surface area contributed by atoms with Crippen molar-refractivity contribution in [1.29, 1.82) is 0 Å². The zero-order chi connectivity index (χ0) is 24.4. The summed E-state index contributed by atoms with van der Waals surface area (Å²) in [5.74, 6) is -0.131. The molecule has 186 valence electrons. The highest BCUT2D eigenvalue weighted by molar-refractivity contribution is 7.89. The molecule has 1 unspecified atom stereocenters. The first kappa shape index (κ1) is 23.8. The van der Waals surface area contributed by atoms with E-state index in [2.05, 4.69) is 0 Å². The number of benzene rings is 2. The highest BCUT2D eigenvalue weighted by atomic mass is 32.2. The Morgan fingerprint density at radius 2 is 1.63 bits per heavy atom. The van der Waals surface area contributed by atoms with E-state index < -0.39 is 16.1 Å². The van der Waals surface area contributed by atoms with E-state index >= 15 is 0 Å². The van der Waals surface area contributed by atoms with Gasteiger partial charge >= 0.3 is 0 Å². The maximum absolute atomic E-state index is 13.7. The van der Waals surface area contributed by atoms with Crippen molar-refractivity contribution in [2.24, 2.45) is 0 Å². The molecule has 5 rings (SSSR count). The number of anilines is 1. The number of fused-ring (bicyclic) bond motifs is 1. The number of hydrogen-bond acceptors (Lipinski definition) is 6. The summed E-state index contributed by atoms with van der Waals surface area (Å²) in [6.45, 7) is 2.90. The summed E-state index contributed by atoms with van der Waals surface area (Å²) in [5, 5.41) is 0. The van der Waals surface area contributed by atoms with Crippen molar-refractivity contribution in [1.82, 2.24) is 9.21 Å². The molecule has 0 aromatic heterocycles. The molecule has 35 heavy (non-hydrogen) atoms. The highest BCUT2D eigenvalue weighted by Gasteiger charge is 2.37. The molecule has 3 aliphatic rings. The number of carbonyl (C=O) groups is 2. The number of ether oxygens (including phenoxy) is 2. The average Bonchev–Trinajstić information content (AvgIpc) is 2.92. The molecule has 0 saturated carbocycles. The minimum absolute atomic E-state index is 0.0368. The van der Waals surface area contributed by atoms with Gasteiger partial charge in [0.15, 0.2) is 6.10 Å². The van der Waals surface area contributed by atoms with Gasteiger partial charge < -0.3 is 19.3 Å². The molecule has 2 aromatic rings. The smallest absolute Gasteiger partial charge is 0.265 e. The van der Waals surface area contributed by atoms with Gasteiger partial charge in [-0.2, -0.15) is 4.31 Å². The maximum Gasteiger partial charge on any atom is 0.265 e. The monoisotopic (exact) mass is 499 g/mol. The van der Waals surface area contributed by atoms with Crippen LogP contribution in [0.1, 0.15) is 29.6 Å². The zero-order valence-corrected chi connectivity index (χ0v) is 20.3. The lowest BCUT2D eigenvalue weighted by Gasteiger charge is -2.37. The molecule has 10 heteroatoms. The van der Waals surface area contributed by atoms with Crippen LogP contribution in [0.5, 0.6) is 5.75 Å². The molecule has 0 N–H and O–H groups in total. The second kappa shape index (κ2) is 9.96. The van der Waals surface area contributed by atoms with Crippen LogP contribution in [0.15, 0.2) is 53.4 Å². The Labute approximate surface area is 205 Å². The van der Waals surface area contributed by atoms with E-state index in [1.54, 1.807) is 41.3 Å². The van der Waals surface area contributed by atoms with Gasteiger partial charge in [-0.05, 0) is 43.2 Å². The van der Waals surface area contributed by atoms with Crippen molar-refractivity contribution < 1.29 is 27.5 Å². The number of sulfonamides is 1. The molecule has 0 spiro atoms. The van der Waals surface area contributed by atoms with Gasteiger partial charge in [0.05, 0.1) is 30.3 Å². The van der Waals surface area contributed by atoms with Crippen LogP contribution in [0.4, 0.5) is 5.69 Å². The summed E-state index contributed by atoms with van der Waals surface area (Å²) < 4.78 is 39.2. The molecule has 2 fully saturated rings. The van der Waals surface area contributed by atoms with Gasteiger partial charge in [0.2, 0.25) is 10.0 Å². The number of para-hydroxylation sites is 2. The van der Waals surface area contributed by atoms with Gasteiger partial charge in [-0.15, -0.1) is 0 Å². The van der Waals surface area contributed by atoms with Crippen LogP contribution in [0, 0.1) is 0 Å². The van der Waals surface area contributed by atoms with E-state index in [1.165, 1.54) is 21.3 Å². The first-order valence-corrected chi connectivity index (χ1v) is 13.4. The molecular weight excluding hydrogens is 470 g/mol. The maximum atomic E-state index is 13.7. The average molecular weight is 500 g/mol. The summed E-state index contributed by atoms with van der Waals surface area (Å²) in [7, 11) is -3.68. The molecular formula is C25H29N3O6S. The molecule has 2 saturated heterocycles. The fourth-order valence-corrected chi connectivity index (χ4v) is 6.31. The highest BCUT2D eigenvalue weighted by Crippen LogP contribution is 2.35. The largest absolute Gasteiger partial charge is 0.476 e. The Morgan fingerprint density at radius 1 is 0.886 bits per heavy atom. The number of hydrogen-bond donors (Lipinski definition) is 0. The number of piperidine rings is 1. The third-order valence-corrected chi connectivity index (χ3v) is 8.55. The van der Waals surface area contributed by atoms with E-state index in [0.29, 0.717) is 50.8 Å². The first-order chi connectivity index (χ1) is 16.9. The number of morpholine rings is 1. The Kier molecular flexibility index (Phi) is 6.77. The number of amides is 2. The summed E-state index contributed by atoms with van der Waals surface area (Å²) >= 11 is 0. The molecule has 2 aromatic carbocycles. The van der Waals surface area contributed by atoms with Crippen molar-refractivity contribution in [3.8, 4) is 5.75 Å². The molecule has 3 aliphatic heterocycles. The standard InChI is InChI=1S/C25H29N3O6S/c29-24(19-7-6-8-20(17-19)35(31,32)27-11-4-1-5-12-27)28-18-23(25(30)26-13-15-33-16-14-26)34-22-10-3-2-9-21(22)28/h2-3,6-10,17,23H,1,4-5,11-16,18H2. The van der Waals surface area contributed by atoms with Gasteiger partial charge in [0.1, 0.15) is 5.75 Å². The lowest BCUT2D eigenvalue weighted by atomic mass is 10.1. The predicted octanol–water partition coefficient (Wildman–Crippen LogP) is 2.13. The van der Waals surface area contributed by atoms with Crippen LogP contribution in [0.2, 0.25) is 0 Å². The minimum Gasteiger partial charge on any atom is -0.476 e.